The van der Waals surface area contributed by atoms with Crippen molar-refractivity contribution in [2.45, 2.75) is 25.8 Å². The first-order valence-electron chi connectivity index (χ1n) is 9.08. The normalized spacial score (nSPS) is 14.6. The fourth-order valence-corrected chi connectivity index (χ4v) is 3.17. The Labute approximate surface area is 158 Å². The minimum Gasteiger partial charge on any atom is -0.497 e. The summed E-state index contributed by atoms with van der Waals surface area (Å²) in [6.07, 6.45) is 2.22. The van der Waals surface area contributed by atoms with Gasteiger partial charge in [-0.15, -0.1) is 0 Å². The van der Waals surface area contributed by atoms with Crippen molar-refractivity contribution in [3.05, 3.63) is 65.6 Å². The van der Waals surface area contributed by atoms with Gasteiger partial charge in [0.15, 0.2) is 0 Å². The lowest BCUT2D eigenvalue weighted by molar-refractivity contribution is 0.0925. The lowest BCUT2D eigenvalue weighted by Crippen LogP contribution is -2.30. The number of hydrogen-bond donors (Lipinski definition) is 2. The van der Waals surface area contributed by atoms with E-state index in [0.29, 0.717) is 11.6 Å². The van der Waals surface area contributed by atoms with E-state index in [1.807, 2.05) is 49.4 Å². The number of nitrogens with zero attached hydrogens (tertiary/aromatic N) is 2. The molecule has 0 bridgehead atoms. The minimum absolute atomic E-state index is 0.0647. The molecule has 0 saturated heterocycles. The summed E-state index contributed by atoms with van der Waals surface area (Å²) in [5.41, 5.74) is 3.96. The molecule has 6 nitrogen and oxygen atoms in total. The number of ether oxygens (including phenoxy) is 1. The lowest BCUT2D eigenvalue weighted by atomic mass is 10.1. The van der Waals surface area contributed by atoms with Crippen LogP contribution in [-0.2, 0) is 0 Å². The van der Waals surface area contributed by atoms with E-state index in [9.17, 15) is 4.79 Å². The molecular weight excluding hydrogens is 340 g/mol. The molecule has 0 spiro atoms. The summed E-state index contributed by atoms with van der Waals surface area (Å²) in [7, 11) is 1.63. The van der Waals surface area contributed by atoms with Crippen molar-refractivity contribution in [1.29, 1.82) is 0 Å². The third-order valence-corrected chi connectivity index (χ3v) is 4.82. The molecule has 2 aromatic heterocycles. The third kappa shape index (κ3) is 3.84. The van der Waals surface area contributed by atoms with Gasteiger partial charge in [0.1, 0.15) is 11.4 Å². The van der Waals surface area contributed by atoms with Crippen LogP contribution >= 0.6 is 0 Å². The smallest absolute Gasteiger partial charge is 0.269 e. The van der Waals surface area contributed by atoms with Gasteiger partial charge in [0.2, 0.25) is 0 Å². The van der Waals surface area contributed by atoms with Gasteiger partial charge in [-0.05, 0) is 68.1 Å². The maximum Gasteiger partial charge on any atom is 0.269 e. The van der Waals surface area contributed by atoms with E-state index in [1.54, 1.807) is 13.2 Å². The molecule has 4 rings (SSSR count). The van der Waals surface area contributed by atoms with Gasteiger partial charge in [0.25, 0.3) is 5.91 Å². The Hall–Kier alpha value is -3.15. The summed E-state index contributed by atoms with van der Waals surface area (Å²) >= 11 is 0. The SMILES string of the molecule is COc1ccc(-c2cc(C(=O)NC(c3cccc(C)n3)C3CC3)[nH]n2)cc1. The van der Waals surface area contributed by atoms with Crippen molar-refractivity contribution in [3.8, 4) is 17.0 Å². The van der Waals surface area contributed by atoms with Crippen LogP contribution in [-0.4, -0.2) is 28.2 Å². The fraction of sp³-hybridized carbons (Fsp3) is 0.286. The first-order valence-corrected chi connectivity index (χ1v) is 9.08. The summed E-state index contributed by atoms with van der Waals surface area (Å²) in [5, 5.41) is 10.3. The van der Waals surface area contributed by atoms with Gasteiger partial charge in [-0.2, -0.15) is 5.10 Å². The van der Waals surface area contributed by atoms with E-state index < -0.39 is 0 Å². The number of methoxy groups -OCH3 is 1. The van der Waals surface area contributed by atoms with Gasteiger partial charge in [0, 0.05) is 11.3 Å². The van der Waals surface area contributed by atoms with E-state index in [0.717, 1.165) is 41.2 Å². The molecule has 1 atom stereocenters. The van der Waals surface area contributed by atoms with Crippen LogP contribution in [0.5, 0.6) is 5.75 Å². The van der Waals surface area contributed by atoms with E-state index >= 15 is 0 Å². The van der Waals surface area contributed by atoms with E-state index in [4.69, 9.17) is 4.74 Å². The Morgan fingerprint density at radius 2 is 2.00 bits per heavy atom. The van der Waals surface area contributed by atoms with Gasteiger partial charge in [-0.1, -0.05) is 6.07 Å². The molecule has 1 aliphatic carbocycles. The molecule has 1 aliphatic rings. The second-order valence-corrected chi connectivity index (χ2v) is 6.89. The van der Waals surface area contributed by atoms with Crippen molar-refractivity contribution < 1.29 is 9.53 Å². The maximum absolute atomic E-state index is 12.8. The third-order valence-electron chi connectivity index (χ3n) is 4.82. The Bertz CT molecular complexity index is 945. The maximum atomic E-state index is 12.8. The summed E-state index contributed by atoms with van der Waals surface area (Å²) in [5.74, 6) is 1.07. The van der Waals surface area contributed by atoms with Gasteiger partial charge < -0.3 is 10.1 Å². The number of benzene rings is 1. The molecule has 0 radical (unpaired) electrons. The van der Waals surface area contributed by atoms with Crippen molar-refractivity contribution in [2.24, 2.45) is 5.92 Å². The van der Waals surface area contributed by atoms with E-state index in [1.165, 1.54) is 0 Å². The number of rotatable bonds is 6. The molecule has 1 fully saturated rings. The monoisotopic (exact) mass is 362 g/mol. The summed E-state index contributed by atoms with van der Waals surface area (Å²) in [6.45, 7) is 1.96. The number of hydrogen-bond acceptors (Lipinski definition) is 4. The zero-order valence-corrected chi connectivity index (χ0v) is 15.4. The first-order chi connectivity index (χ1) is 13.1. The zero-order chi connectivity index (χ0) is 18.8. The minimum atomic E-state index is -0.164. The molecule has 6 heteroatoms. The number of H-pyrrole nitrogens is 1. The van der Waals surface area contributed by atoms with Crippen molar-refractivity contribution in [2.75, 3.05) is 7.11 Å². The molecule has 2 heterocycles. The molecule has 0 aliphatic heterocycles. The van der Waals surface area contributed by atoms with Crippen LogP contribution in [0.2, 0.25) is 0 Å². The van der Waals surface area contributed by atoms with Gasteiger partial charge in [-0.3, -0.25) is 14.9 Å². The number of carbonyl (C=O) groups is 1. The lowest BCUT2D eigenvalue weighted by Gasteiger charge is -2.17. The number of carbonyl (C=O) groups excluding carboxylic acids is 1. The highest BCUT2D eigenvalue weighted by Crippen LogP contribution is 2.40. The molecule has 1 saturated carbocycles. The fourth-order valence-electron chi connectivity index (χ4n) is 3.17. The van der Waals surface area contributed by atoms with Gasteiger partial charge >= 0.3 is 0 Å². The molecule has 1 aromatic carbocycles. The highest BCUT2D eigenvalue weighted by atomic mass is 16.5. The number of aryl methyl sites for hydroxylation is 1. The van der Waals surface area contributed by atoms with E-state index in [2.05, 4.69) is 20.5 Å². The van der Waals surface area contributed by atoms with Crippen LogP contribution in [0.3, 0.4) is 0 Å². The zero-order valence-electron chi connectivity index (χ0n) is 15.4. The largest absolute Gasteiger partial charge is 0.497 e. The first kappa shape index (κ1) is 17.3. The second kappa shape index (κ2) is 7.23. The van der Waals surface area contributed by atoms with Gasteiger partial charge in [0.05, 0.1) is 24.5 Å². The predicted octanol–water partition coefficient (Wildman–Crippen LogP) is 3.67. The molecular formula is C21H22N4O2. The average Bonchev–Trinajstić information content (AvgIpc) is 3.41. The Morgan fingerprint density at radius 3 is 2.67 bits per heavy atom. The molecule has 2 N–H and O–H groups in total. The number of nitrogens with one attached hydrogen (secondary N) is 2. The standard InChI is InChI=1S/C21H22N4O2/c1-13-4-3-5-17(22-13)20(15-6-7-15)23-21(26)19-12-18(24-25-19)14-8-10-16(27-2)11-9-14/h3-5,8-12,15,20H,6-7H2,1-2H3,(H,23,26)(H,24,25). The van der Waals surface area contributed by atoms with Crippen LogP contribution in [0.1, 0.15) is 40.8 Å². The second-order valence-electron chi connectivity index (χ2n) is 6.89. The number of aromatic amines is 1. The highest BCUT2D eigenvalue weighted by Gasteiger charge is 2.34. The molecule has 27 heavy (non-hydrogen) atoms. The summed E-state index contributed by atoms with van der Waals surface area (Å²) in [6, 6.07) is 15.2. The van der Waals surface area contributed by atoms with Crippen LogP contribution in [0.4, 0.5) is 0 Å². The van der Waals surface area contributed by atoms with Crippen LogP contribution in [0.15, 0.2) is 48.5 Å². The van der Waals surface area contributed by atoms with E-state index in [-0.39, 0.29) is 11.9 Å². The Balaban J connectivity index is 1.51. The number of amides is 1. The summed E-state index contributed by atoms with van der Waals surface area (Å²) < 4.78 is 5.17. The van der Waals surface area contributed by atoms with Crippen LogP contribution in [0, 0.1) is 12.8 Å². The summed E-state index contributed by atoms with van der Waals surface area (Å²) in [4.78, 5) is 17.4. The van der Waals surface area contributed by atoms with Crippen molar-refractivity contribution in [3.63, 3.8) is 0 Å². The predicted molar refractivity (Wildman–Crippen MR) is 102 cm³/mol. The molecule has 138 valence electrons. The Morgan fingerprint density at radius 1 is 1.22 bits per heavy atom. The number of pyridine rings is 1. The quantitative estimate of drug-likeness (QED) is 0.701. The van der Waals surface area contributed by atoms with Crippen LogP contribution < -0.4 is 10.1 Å². The van der Waals surface area contributed by atoms with Crippen molar-refractivity contribution >= 4 is 5.91 Å². The highest BCUT2D eigenvalue weighted by molar-refractivity contribution is 5.93. The Kier molecular flexibility index (Phi) is 4.62. The topological polar surface area (TPSA) is 79.9 Å². The molecule has 1 amide bonds. The van der Waals surface area contributed by atoms with Gasteiger partial charge in [-0.25, -0.2) is 0 Å². The van der Waals surface area contributed by atoms with Crippen LogP contribution in [0.25, 0.3) is 11.3 Å². The van der Waals surface area contributed by atoms with Crippen molar-refractivity contribution in [1.82, 2.24) is 20.5 Å². The molecule has 1 unspecified atom stereocenters. The average molecular weight is 362 g/mol. The molecule has 3 aromatic rings. The number of aromatic nitrogens is 3.